The Bertz CT molecular complexity index is 1060. The van der Waals surface area contributed by atoms with E-state index in [0.717, 1.165) is 54.0 Å². The van der Waals surface area contributed by atoms with Gasteiger partial charge in [0.25, 0.3) is 0 Å². The third-order valence-electron chi connectivity index (χ3n) is 5.82. The highest BCUT2D eigenvalue weighted by Crippen LogP contribution is 2.33. The Morgan fingerprint density at radius 3 is 2.90 bits per heavy atom. The van der Waals surface area contributed by atoms with Crippen molar-refractivity contribution in [1.82, 2.24) is 9.97 Å². The van der Waals surface area contributed by atoms with Crippen LogP contribution in [0.2, 0.25) is 0 Å². The van der Waals surface area contributed by atoms with Gasteiger partial charge < -0.3 is 14.6 Å². The van der Waals surface area contributed by atoms with Gasteiger partial charge in [-0.05, 0) is 57.7 Å². The normalized spacial score (nSPS) is 17.0. The number of amides is 1. The molecule has 152 valence electrons. The first-order valence-corrected chi connectivity index (χ1v) is 10.4. The summed E-state index contributed by atoms with van der Waals surface area (Å²) in [6.45, 7) is 9.51. The van der Waals surface area contributed by atoms with Gasteiger partial charge in [0.1, 0.15) is 17.4 Å². The van der Waals surface area contributed by atoms with Gasteiger partial charge in [0.2, 0.25) is 11.6 Å². The number of carbonyl (C=O) groups is 1. The molecule has 1 aliphatic rings. The maximum absolute atomic E-state index is 13.0. The minimum Gasteiger partial charge on any atom is -0.443 e. The molecule has 1 atom stereocenters. The summed E-state index contributed by atoms with van der Waals surface area (Å²) in [6.07, 6.45) is 2.79. The van der Waals surface area contributed by atoms with E-state index < -0.39 is 0 Å². The van der Waals surface area contributed by atoms with Crippen molar-refractivity contribution in [3.05, 3.63) is 47.0 Å². The van der Waals surface area contributed by atoms with E-state index in [2.05, 4.69) is 28.2 Å². The minimum atomic E-state index is -0.0762. The molecule has 1 aliphatic heterocycles. The summed E-state index contributed by atoms with van der Waals surface area (Å²) >= 11 is 0. The Balaban J connectivity index is 1.57. The molecule has 1 fully saturated rings. The molecule has 6 heteroatoms. The van der Waals surface area contributed by atoms with Crippen molar-refractivity contribution in [2.24, 2.45) is 5.92 Å². The van der Waals surface area contributed by atoms with Crippen molar-refractivity contribution in [1.29, 1.82) is 0 Å². The molecule has 0 spiro atoms. The second kappa shape index (κ2) is 7.85. The number of nitrogens with one attached hydrogen (secondary N) is 1. The quantitative estimate of drug-likeness (QED) is 0.704. The molecule has 6 nitrogen and oxygen atoms in total. The Morgan fingerprint density at radius 2 is 2.10 bits per heavy atom. The molecule has 1 saturated heterocycles. The zero-order chi connectivity index (χ0) is 20.5. The maximum Gasteiger partial charge on any atom is 0.231 e. The number of aromatic nitrogens is 2. The molecule has 0 bridgehead atoms. The molecule has 0 aliphatic carbocycles. The first-order valence-electron chi connectivity index (χ1n) is 10.4. The Morgan fingerprint density at radius 1 is 1.28 bits per heavy atom. The fraction of sp³-hybridized carbons (Fsp3) is 0.435. The molecule has 2 aromatic heterocycles. The summed E-state index contributed by atoms with van der Waals surface area (Å²) in [5, 5.41) is 4.07. The largest absolute Gasteiger partial charge is 0.443 e. The summed E-state index contributed by atoms with van der Waals surface area (Å²) in [5.41, 5.74) is 3.79. The van der Waals surface area contributed by atoms with Crippen LogP contribution in [-0.4, -0.2) is 29.0 Å². The Labute approximate surface area is 171 Å². The van der Waals surface area contributed by atoms with E-state index in [0.29, 0.717) is 18.1 Å². The van der Waals surface area contributed by atoms with Gasteiger partial charge in [-0.1, -0.05) is 19.1 Å². The summed E-state index contributed by atoms with van der Waals surface area (Å²) in [5.74, 6) is 2.43. The zero-order valence-corrected chi connectivity index (χ0v) is 17.6. The third kappa shape index (κ3) is 3.84. The lowest BCUT2D eigenvalue weighted by atomic mass is 9.96. The van der Waals surface area contributed by atoms with Gasteiger partial charge in [0.05, 0.1) is 11.3 Å². The predicted octanol–water partition coefficient (Wildman–Crippen LogP) is 4.57. The highest BCUT2D eigenvalue weighted by Gasteiger charge is 2.29. The fourth-order valence-corrected chi connectivity index (χ4v) is 4.06. The first kappa shape index (κ1) is 19.4. The highest BCUT2D eigenvalue weighted by atomic mass is 16.3. The molecular weight excluding hydrogens is 364 g/mol. The summed E-state index contributed by atoms with van der Waals surface area (Å²) in [7, 11) is 0. The predicted molar refractivity (Wildman–Crippen MR) is 115 cm³/mol. The summed E-state index contributed by atoms with van der Waals surface area (Å²) in [4.78, 5) is 24.4. The second-order valence-electron chi connectivity index (χ2n) is 7.89. The standard InChI is InChI=1S/C23H28N4O2/c1-5-17-8-6-10-19(12-17)26-22(28)18-9-7-11-27(13-18)21-20-14(2)15(3)29-23(20)25-16(4)24-21/h6,8,10,12,18H,5,7,9,11,13H2,1-4H3,(H,26,28). The molecule has 1 N–H and O–H groups in total. The molecule has 1 unspecified atom stereocenters. The number of hydrogen-bond donors (Lipinski definition) is 1. The summed E-state index contributed by atoms with van der Waals surface area (Å²) in [6, 6.07) is 8.07. The third-order valence-corrected chi connectivity index (χ3v) is 5.82. The number of anilines is 2. The van der Waals surface area contributed by atoms with Crippen LogP contribution in [0.4, 0.5) is 11.5 Å². The van der Waals surface area contributed by atoms with E-state index in [1.54, 1.807) is 0 Å². The topological polar surface area (TPSA) is 71.3 Å². The van der Waals surface area contributed by atoms with Crippen molar-refractivity contribution in [3.63, 3.8) is 0 Å². The Kier molecular flexibility index (Phi) is 5.26. The van der Waals surface area contributed by atoms with Gasteiger partial charge in [-0.2, -0.15) is 4.98 Å². The molecule has 0 radical (unpaired) electrons. The average molecular weight is 393 g/mol. The number of hydrogen-bond acceptors (Lipinski definition) is 5. The van der Waals surface area contributed by atoms with E-state index in [1.165, 1.54) is 5.56 Å². The minimum absolute atomic E-state index is 0.0741. The average Bonchev–Trinajstić information content (AvgIpc) is 3.01. The van der Waals surface area contributed by atoms with Crippen LogP contribution in [0.15, 0.2) is 28.7 Å². The molecule has 3 aromatic rings. The van der Waals surface area contributed by atoms with Crippen LogP contribution < -0.4 is 10.2 Å². The lowest BCUT2D eigenvalue weighted by molar-refractivity contribution is -0.120. The van der Waals surface area contributed by atoms with Crippen molar-refractivity contribution < 1.29 is 9.21 Å². The number of piperidine rings is 1. The molecule has 1 amide bonds. The number of benzene rings is 1. The summed E-state index contributed by atoms with van der Waals surface area (Å²) < 4.78 is 5.83. The van der Waals surface area contributed by atoms with E-state index in [1.807, 2.05) is 39.0 Å². The van der Waals surface area contributed by atoms with Crippen LogP contribution in [0.25, 0.3) is 11.1 Å². The number of aryl methyl sites for hydroxylation is 4. The molecule has 29 heavy (non-hydrogen) atoms. The van der Waals surface area contributed by atoms with E-state index in [4.69, 9.17) is 9.40 Å². The fourth-order valence-electron chi connectivity index (χ4n) is 4.06. The van der Waals surface area contributed by atoms with Crippen molar-refractivity contribution in [2.75, 3.05) is 23.3 Å². The molecule has 4 rings (SSSR count). The molecule has 0 saturated carbocycles. The first-order chi connectivity index (χ1) is 14.0. The Hall–Kier alpha value is -2.89. The van der Waals surface area contributed by atoms with Gasteiger partial charge in [-0.15, -0.1) is 0 Å². The number of rotatable bonds is 4. The SMILES string of the molecule is CCc1cccc(NC(=O)C2CCCN(c3nc(C)nc4oc(C)c(C)c34)C2)c1. The highest BCUT2D eigenvalue weighted by molar-refractivity contribution is 5.94. The van der Waals surface area contributed by atoms with Crippen molar-refractivity contribution in [3.8, 4) is 0 Å². The molecule has 1 aromatic carbocycles. The number of carbonyl (C=O) groups excluding carboxylic acids is 1. The second-order valence-corrected chi connectivity index (χ2v) is 7.89. The lowest BCUT2D eigenvalue weighted by Gasteiger charge is -2.33. The van der Waals surface area contributed by atoms with Crippen molar-refractivity contribution in [2.45, 2.75) is 47.0 Å². The maximum atomic E-state index is 13.0. The lowest BCUT2D eigenvalue weighted by Crippen LogP contribution is -2.41. The monoisotopic (exact) mass is 392 g/mol. The van der Waals surface area contributed by atoms with E-state index in [-0.39, 0.29) is 11.8 Å². The van der Waals surface area contributed by atoms with Crippen LogP contribution in [0.5, 0.6) is 0 Å². The molecule has 3 heterocycles. The smallest absolute Gasteiger partial charge is 0.231 e. The van der Waals surface area contributed by atoms with Crippen LogP contribution in [0, 0.1) is 26.7 Å². The van der Waals surface area contributed by atoms with Gasteiger partial charge in [0.15, 0.2) is 0 Å². The number of nitrogens with zero attached hydrogens (tertiary/aromatic N) is 3. The van der Waals surface area contributed by atoms with Crippen LogP contribution in [0.3, 0.4) is 0 Å². The zero-order valence-electron chi connectivity index (χ0n) is 17.6. The van der Waals surface area contributed by atoms with E-state index in [9.17, 15) is 4.79 Å². The van der Waals surface area contributed by atoms with Crippen LogP contribution >= 0.6 is 0 Å². The van der Waals surface area contributed by atoms with Crippen LogP contribution in [0.1, 0.15) is 42.5 Å². The number of fused-ring (bicyclic) bond motifs is 1. The van der Waals surface area contributed by atoms with Gasteiger partial charge in [0, 0.05) is 24.3 Å². The molecular formula is C23H28N4O2. The van der Waals surface area contributed by atoms with Crippen LogP contribution in [-0.2, 0) is 11.2 Å². The van der Waals surface area contributed by atoms with Gasteiger partial charge in [-0.25, -0.2) is 4.98 Å². The van der Waals surface area contributed by atoms with E-state index >= 15 is 0 Å². The van der Waals surface area contributed by atoms with Gasteiger partial charge >= 0.3 is 0 Å². The van der Waals surface area contributed by atoms with Crippen molar-refractivity contribution >= 4 is 28.5 Å². The van der Waals surface area contributed by atoms with Gasteiger partial charge in [-0.3, -0.25) is 4.79 Å². The number of furan rings is 1.